The summed E-state index contributed by atoms with van der Waals surface area (Å²) in [6, 6.07) is 14.4. The highest BCUT2D eigenvalue weighted by Crippen LogP contribution is 2.41. The molecule has 0 unspecified atom stereocenters. The minimum atomic E-state index is 0.212. The molecular formula is C22H20N2O4. The number of hydrogen-bond acceptors (Lipinski definition) is 5. The van der Waals surface area contributed by atoms with Gasteiger partial charge in [-0.05, 0) is 32.0 Å². The van der Waals surface area contributed by atoms with Crippen LogP contribution in [0.2, 0.25) is 0 Å². The van der Waals surface area contributed by atoms with Crippen molar-refractivity contribution in [2.45, 2.75) is 13.8 Å². The minimum Gasteiger partial charge on any atom is -0.754 e. The first-order chi connectivity index (χ1) is 13.7. The average molecular weight is 376 g/mol. The Hall–Kier alpha value is -3.38. The number of hydroxylamine groups is 1. The highest BCUT2D eigenvalue weighted by Gasteiger charge is 2.36. The normalized spacial score (nSPS) is 18.1. The van der Waals surface area contributed by atoms with Gasteiger partial charge < -0.3 is 19.7 Å². The monoisotopic (exact) mass is 376 g/mol. The molecule has 2 aromatic carbocycles. The molecule has 28 heavy (non-hydrogen) atoms. The molecule has 2 aliphatic heterocycles. The zero-order valence-corrected chi connectivity index (χ0v) is 15.7. The van der Waals surface area contributed by atoms with Crippen molar-refractivity contribution in [3.8, 4) is 0 Å². The fourth-order valence-corrected chi connectivity index (χ4v) is 3.40. The molecule has 0 atom stereocenters. The Morgan fingerprint density at radius 3 is 2.21 bits per heavy atom. The molecule has 4 rings (SSSR count). The maximum absolute atomic E-state index is 13.1. The second kappa shape index (κ2) is 7.32. The number of para-hydroxylation sites is 2. The molecule has 0 saturated heterocycles. The first-order valence-corrected chi connectivity index (χ1v) is 9.22. The lowest BCUT2D eigenvalue weighted by Gasteiger charge is -2.36. The van der Waals surface area contributed by atoms with Crippen molar-refractivity contribution in [3.05, 3.63) is 93.3 Å². The topological polar surface area (TPSA) is 64.8 Å². The SMILES string of the molecule is CCOC1=CC(=C2C=C(OCC)c3ccccc3[N+]2=O)N([O-])c2ccccc21. The number of rotatable bonds is 4. The molecule has 0 N–H and O–H groups in total. The lowest BCUT2D eigenvalue weighted by molar-refractivity contribution is -0.403. The zero-order valence-electron chi connectivity index (χ0n) is 15.7. The van der Waals surface area contributed by atoms with Crippen molar-refractivity contribution in [1.82, 2.24) is 0 Å². The van der Waals surface area contributed by atoms with Crippen LogP contribution in [0.1, 0.15) is 25.0 Å². The highest BCUT2D eigenvalue weighted by atomic mass is 16.5. The summed E-state index contributed by atoms with van der Waals surface area (Å²) in [6.07, 6.45) is 3.24. The molecule has 0 fully saturated rings. The molecule has 2 aromatic rings. The molecule has 0 bridgehead atoms. The number of allylic oxidation sites excluding steroid dienone is 2. The van der Waals surface area contributed by atoms with Gasteiger partial charge >= 0.3 is 0 Å². The van der Waals surface area contributed by atoms with Gasteiger partial charge in [0.15, 0.2) is 0 Å². The Morgan fingerprint density at radius 2 is 1.50 bits per heavy atom. The summed E-state index contributed by atoms with van der Waals surface area (Å²) in [5.74, 6) is 1.12. The van der Waals surface area contributed by atoms with Crippen LogP contribution in [0.4, 0.5) is 11.4 Å². The minimum absolute atomic E-state index is 0.212. The van der Waals surface area contributed by atoms with Gasteiger partial charge in [-0.2, -0.15) is 0 Å². The second-order valence-electron chi connectivity index (χ2n) is 6.28. The lowest BCUT2D eigenvalue weighted by atomic mass is 10.0. The van der Waals surface area contributed by atoms with E-state index < -0.39 is 0 Å². The van der Waals surface area contributed by atoms with Gasteiger partial charge in [0, 0.05) is 28.3 Å². The van der Waals surface area contributed by atoms with Gasteiger partial charge in [0.25, 0.3) is 11.4 Å². The molecule has 0 aliphatic carbocycles. The molecule has 0 radical (unpaired) electrons. The van der Waals surface area contributed by atoms with Crippen molar-refractivity contribution in [2.75, 3.05) is 18.3 Å². The van der Waals surface area contributed by atoms with Crippen LogP contribution in [0.25, 0.3) is 11.5 Å². The highest BCUT2D eigenvalue weighted by molar-refractivity contribution is 5.83. The Labute approximate surface area is 163 Å². The van der Waals surface area contributed by atoms with Crippen molar-refractivity contribution in [2.24, 2.45) is 0 Å². The van der Waals surface area contributed by atoms with E-state index in [1.54, 1.807) is 36.4 Å². The van der Waals surface area contributed by atoms with Gasteiger partial charge in [-0.3, -0.25) is 0 Å². The maximum atomic E-state index is 13.1. The number of nitroso groups, excluding NO2 is 1. The van der Waals surface area contributed by atoms with Gasteiger partial charge in [-0.1, -0.05) is 24.3 Å². The molecule has 0 spiro atoms. The summed E-state index contributed by atoms with van der Waals surface area (Å²) in [4.78, 5) is 13.1. The van der Waals surface area contributed by atoms with Crippen LogP contribution < -0.4 is 5.06 Å². The van der Waals surface area contributed by atoms with Crippen molar-refractivity contribution in [3.63, 3.8) is 0 Å². The predicted octanol–water partition coefficient (Wildman–Crippen LogP) is 5.10. The summed E-state index contributed by atoms with van der Waals surface area (Å²) in [7, 11) is 0. The van der Waals surface area contributed by atoms with Crippen LogP contribution in [0.5, 0.6) is 0 Å². The van der Waals surface area contributed by atoms with E-state index in [1.165, 1.54) is 0 Å². The fraction of sp³-hybridized carbons (Fsp3) is 0.182. The first kappa shape index (κ1) is 18.0. The van der Waals surface area contributed by atoms with Crippen LogP contribution in [0.15, 0.2) is 72.1 Å². The number of hydrogen-bond donors (Lipinski definition) is 0. The predicted molar refractivity (Wildman–Crippen MR) is 108 cm³/mol. The van der Waals surface area contributed by atoms with E-state index in [-0.39, 0.29) is 11.4 Å². The molecule has 0 saturated carbocycles. The summed E-state index contributed by atoms with van der Waals surface area (Å²) in [5, 5.41) is 13.9. The third kappa shape index (κ3) is 2.88. The lowest BCUT2D eigenvalue weighted by Crippen LogP contribution is -2.24. The standard InChI is InChI=1S/C22H20N2O4/c1-3-27-21-13-19(23(25)17-11-7-5-9-15(17)21)20-14-22(28-4-2)16-10-6-8-12-18(16)24(20)26/h5-14H,3-4H2,1-2H3. The smallest absolute Gasteiger partial charge is 0.290 e. The Kier molecular flexibility index (Phi) is 4.71. The zero-order chi connectivity index (χ0) is 19.7. The van der Waals surface area contributed by atoms with E-state index in [0.29, 0.717) is 47.2 Å². The van der Waals surface area contributed by atoms with Crippen LogP contribution in [0, 0.1) is 10.1 Å². The molecule has 142 valence electrons. The average Bonchev–Trinajstić information content (AvgIpc) is 2.73. The van der Waals surface area contributed by atoms with E-state index in [4.69, 9.17) is 9.47 Å². The van der Waals surface area contributed by atoms with Gasteiger partial charge in [-0.25, -0.2) is 0 Å². The Bertz CT molecular complexity index is 1040. The Morgan fingerprint density at radius 1 is 0.893 bits per heavy atom. The third-order valence-electron chi connectivity index (χ3n) is 4.61. The van der Waals surface area contributed by atoms with Crippen LogP contribution >= 0.6 is 0 Å². The molecule has 2 heterocycles. The molecular weight excluding hydrogens is 356 g/mol. The van der Waals surface area contributed by atoms with E-state index in [0.717, 1.165) is 9.82 Å². The summed E-state index contributed by atoms with van der Waals surface area (Å²) >= 11 is 0. The van der Waals surface area contributed by atoms with Crippen LogP contribution in [-0.2, 0) is 9.47 Å². The first-order valence-electron chi connectivity index (χ1n) is 9.22. The van der Waals surface area contributed by atoms with Crippen molar-refractivity contribution >= 4 is 22.9 Å². The van der Waals surface area contributed by atoms with E-state index in [9.17, 15) is 10.1 Å². The van der Waals surface area contributed by atoms with E-state index >= 15 is 0 Å². The number of benzene rings is 2. The summed E-state index contributed by atoms with van der Waals surface area (Å²) < 4.78 is 12.3. The second-order valence-corrected chi connectivity index (χ2v) is 6.28. The van der Waals surface area contributed by atoms with E-state index in [1.807, 2.05) is 38.1 Å². The van der Waals surface area contributed by atoms with Gasteiger partial charge in [0.05, 0.1) is 29.6 Å². The number of anilines is 1. The molecule has 6 heteroatoms. The quantitative estimate of drug-likeness (QED) is 0.695. The Balaban J connectivity index is 1.94. The van der Waals surface area contributed by atoms with Crippen LogP contribution in [-0.4, -0.2) is 18.0 Å². The van der Waals surface area contributed by atoms with Gasteiger partial charge in [0.1, 0.15) is 17.2 Å². The molecule has 6 nitrogen and oxygen atoms in total. The molecule has 0 aromatic heterocycles. The molecule has 0 amide bonds. The fourth-order valence-electron chi connectivity index (χ4n) is 3.40. The third-order valence-corrected chi connectivity index (χ3v) is 4.61. The summed E-state index contributed by atoms with van der Waals surface area (Å²) in [5.41, 5.74) is 2.70. The van der Waals surface area contributed by atoms with Crippen molar-refractivity contribution in [1.29, 1.82) is 0 Å². The maximum Gasteiger partial charge on any atom is 0.290 e. The van der Waals surface area contributed by atoms with Crippen molar-refractivity contribution < 1.29 is 14.2 Å². The van der Waals surface area contributed by atoms with Crippen LogP contribution in [0.3, 0.4) is 0 Å². The largest absolute Gasteiger partial charge is 0.754 e. The van der Waals surface area contributed by atoms with E-state index in [2.05, 4.69) is 0 Å². The van der Waals surface area contributed by atoms with Gasteiger partial charge in [0.2, 0.25) is 0 Å². The molecule has 2 aliphatic rings. The van der Waals surface area contributed by atoms with Gasteiger partial charge in [-0.15, -0.1) is 0 Å². The number of ether oxygens (including phenoxy) is 2. The number of fused-ring (bicyclic) bond motifs is 2. The number of nitrogens with zero attached hydrogens (tertiary/aromatic N) is 2. The summed E-state index contributed by atoms with van der Waals surface area (Å²) in [6.45, 7) is 4.66.